The maximum absolute atomic E-state index is 13.6. The summed E-state index contributed by atoms with van der Waals surface area (Å²) in [7, 11) is -2.87. The Bertz CT molecular complexity index is 1390. The van der Waals surface area contributed by atoms with Crippen molar-refractivity contribution in [3.05, 3.63) is 39.0 Å². The highest BCUT2D eigenvalue weighted by Crippen LogP contribution is 2.27. The average molecular weight is 560 g/mol. The molecule has 0 bridgehead atoms. The van der Waals surface area contributed by atoms with Crippen molar-refractivity contribution in [2.24, 2.45) is 10.3 Å². The van der Waals surface area contributed by atoms with Gasteiger partial charge in [-0.05, 0) is 63.2 Å². The van der Waals surface area contributed by atoms with E-state index in [4.69, 9.17) is 14.0 Å². The zero-order valence-electron chi connectivity index (χ0n) is 17.1. The fourth-order valence-electron chi connectivity index (χ4n) is 3.34. The lowest BCUT2D eigenvalue weighted by atomic mass is 9.98. The molecule has 1 saturated heterocycles. The summed E-state index contributed by atoms with van der Waals surface area (Å²) in [5, 5.41) is 15.8. The van der Waals surface area contributed by atoms with Crippen LogP contribution >= 0.6 is 15.9 Å². The lowest BCUT2D eigenvalue weighted by Gasteiger charge is -2.29. The summed E-state index contributed by atoms with van der Waals surface area (Å²) in [5.74, 6) is -0.937. The molecule has 3 aromatic rings. The maximum Gasteiger partial charge on any atom is 0.467 e. The molecule has 0 aliphatic carbocycles. The minimum Gasteiger partial charge on any atom is -0.365 e. The fourth-order valence-corrected chi connectivity index (χ4v) is 3.86. The summed E-state index contributed by atoms with van der Waals surface area (Å²) in [6, 6.07) is 3.95. The van der Waals surface area contributed by atoms with E-state index in [1.54, 1.807) is 0 Å². The standard InChI is InChI=1S/C17H15BrFN7O7S/c18-11-7-10(1-2-12(11)19)26-15(23-31-17(26)28)13-14(22-33-21-13)20-8-9-3-5-25(6-4-9)32-16(27)24-34(29)30/h1-2,7,9H,3-6,8H2,(H,20,22). The van der Waals surface area contributed by atoms with Crippen molar-refractivity contribution in [1.29, 1.82) is 0 Å². The summed E-state index contributed by atoms with van der Waals surface area (Å²) in [4.78, 5) is 28.4. The van der Waals surface area contributed by atoms with Crippen LogP contribution in [0.1, 0.15) is 12.8 Å². The topological polar surface area (TPSA) is 175 Å². The summed E-state index contributed by atoms with van der Waals surface area (Å²) in [5.41, 5.74) is 0.405. The van der Waals surface area contributed by atoms with E-state index in [0.717, 1.165) is 4.57 Å². The first-order chi connectivity index (χ1) is 16.3. The number of rotatable bonds is 6. The van der Waals surface area contributed by atoms with Crippen LogP contribution in [0.4, 0.5) is 15.0 Å². The Kier molecular flexibility index (Phi) is 7.13. The Morgan fingerprint density at radius 3 is 2.76 bits per heavy atom. The highest BCUT2D eigenvalue weighted by Gasteiger charge is 2.26. The molecule has 0 saturated carbocycles. The minimum atomic E-state index is -2.87. The molecule has 0 spiro atoms. The molecule has 0 unspecified atom stereocenters. The molecule has 1 aliphatic rings. The molecule has 0 radical (unpaired) electrons. The largest absolute Gasteiger partial charge is 0.467 e. The molecular formula is C17H15BrFN7O7S. The number of nitrogens with zero attached hydrogens (tertiary/aromatic N) is 6. The first-order valence-corrected chi connectivity index (χ1v) is 11.5. The van der Waals surface area contributed by atoms with Gasteiger partial charge >= 0.3 is 22.3 Å². The van der Waals surface area contributed by atoms with Crippen LogP contribution in [-0.4, -0.2) is 59.2 Å². The van der Waals surface area contributed by atoms with Crippen LogP contribution in [0.15, 0.2) is 41.0 Å². The number of hydrogen-bond acceptors (Lipinski definition) is 12. The predicted octanol–water partition coefficient (Wildman–Crippen LogP) is 2.02. The van der Waals surface area contributed by atoms with Crippen LogP contribution in [0.2, 0.25) is 0 Å². The Labute approximate surface area is 199 Å². The van der Waals surface area contributed by atoms with Gasteiger partial charge in [0.1, 0.15) is 5.82 Å². The third kappa shape index (κ3) is 5.37. The maximum atomic E-state index is 13.6. The van der Waals surface area contributed by atoms with E-state index in [1.807, 2.05) is 0 Å². The molecule has 3 heterocycles. The molecule has 1 aliphatic heterocycles. The van der Waals surface area contributed by atoms with E-state index in [9.17, 15) is 22.4 Å². The molecule has 1 amide bonds. The third-order valence-electron chi connectivity index (χ3n) is 4.95. The van der Waals surface area contributed by atoms with Crippen LogP contribution in [-0.2, 0) is 15.3 Å². The second-order valence-corrected chi connectivity index (χ2v) is 8.56. The van der Waals surface area contributed by atoms with Gasteiger partial charge in [0, 0.05) is 19.6 Å². The van der Waals surface area contributed by atoms with Gasteiger partial charge in [0.25, 0.3) is 0 Å². The van der Waals surface area contributed by atoms with Gasteiger partial charge in [-0.1, -0.05) is 9.52 Å². The van der Waals surface area contributed by atoms with Crippen molar-refractivity contribution < 1.29 is 31.6 Å². The minimum absolute atomic E-state index is 0.00787. The number of carbonyl (C=O) groups excluding carboxylic acids is 1. The van der Waals surface area contributed by atoms with Gasteiger partial charge in [-0.3, -0.25) is 4.52 Å². The summed E-state index contributed by atoms with van der Waals surface area (Å²) in [6.07, 6.45) is 0.0503. The number of benzene rings is 1. The Hall–Kier alpha value is -3.44. The second-order valence-electron chi connectivity index (χ2n) is 7.09. The lowest BCUT2D eigenvalue weighted by Crippen LogP contribution is -2.36. The number of hydroxylamine groups is 2. The number of halogens is 2. The lowest BCUT2D eigenvalue weighted by molar-refractivity contribution is -0.113. The van der Waals surface area contributed by atoms with Crippen LogP contribution in [0.3, 0.4) is 0 Å². The van der Waals surface area contributed by atoms with Gasteiger partial charge in [0.2, 0.25) is 11.6 Å². The number of anilines is 1. The number of amides is 1. The van der Waals surface area contributed by atoms with Crippen molar-refractivity contribution in [1.82, 2.24) is 25.1 Å². The molecule has 180 valence electrons. The third-order valence-corrected chi connectivity index (χ3v) is 5.86. The van der Waals surface area contributed by atoms with E-state index >= 15 is 0 Å². The van der Waals surface area contributed by atoms with Gasteiger partial charge in [0.05, 0.1) is 10.2 Å². The Morgan fingerprint density at radius 1 is 1.29 bits per heavy atom. The fraction of sp³-hybridized carbons (Fsp3) is 0.353. The van der Waals surface area contributed by atoms with E-state index in [2.05, 4.69) is 41.1 Å². The summed E-state index contributed by atoms with van der Waals surface area (Å²) >= 11 is 3.08. The molecule has 4 rings (SSSR count). The van der Waals surface area contributed by atoms with Gasteiger partial charge in [-0.25, -0.2) is 23.2 Å². The van der Waals surface area contributed by atoms with Crippen molar-refractivity contribution >= 4 is 38.3 Å². The van der Waals surface area contributed by atoms with Crippen molar-refractivity contribution in [2.45, 2.75) is 12.8 Å². The van der Waals surface area contributed by atoms with Crippen molar-refractivity contribution in [3.8, 4) is 17.2 Å². The van der Waals surface area contributed by atoms with Gasteiger partial charge < -0.3 is 10.2 Å². The molecule has 34 heavy (non-hydrogen) atoms. The van der Waals surface area contributed by atoms with E-state index in [1.165, 1.54) is 23.3 Å². The van der Waals surface area contributed by atoms with E-state index < -0.39 is 28.2 Å². The average Bonchev–Trinajstić information content (AvgIpc) is 3.40. The number of piperidine rings is 1. The summed E-state index contributed by atoms with van der Waals surface area (Å²) < 4.78 is 48.0. The first kappa shape index (κ1) is 23.7. The number of carbonyl (C=O) groups is 1. The van der Waals surface area contributed by atoms with Gasteiger partial charge in [-0.15, -0.1) is 5.06 Å². The first-order valence-electron chi connectivity index (χ1n) is 9.70. The molecule has 0 atom stereocenters. The molecule has 17 heteroatoms. The molecule has 1 fully saturated rings. The number of hydrogen-bond donors (Lipinski definition) is 1. The monoisotopic (exact) mass is 559 g/mol. The van der Waals surface area contributed by atoms with Crippen LogP contribution < -0.4 is 11.1 Å². The second kappa shape index (κ2) is 10.2. The molecular weight excluding hydrogens is 545 g/mol. The quantitative estimate of drug-likeness (QED) is 0.465. The molecule has 2 aromatic heterocycles. The molecule has 1 N–H and O–H groups in total. The van der Waals surface area contributed by atoms with Crippen molar-refractivity contribution in [3.63, 3.8) is 0 Å². The summed E-state index contributed by atoms with van der Waals surface area (Å²) in [6.45, 7) is 1.21. The van der Waals surface area contributed by atoms with Crippen molar-refractivity contribution in [2.75, 3.05) is 25.0 Å². The normalized spacial score (nSPS) is 14.6. The SMILES string of the molecule is O=C(N=S(=O)=O)ON1CCC(CNc2nonc2-c2noc(=O)n2-c2ccc(F)c(Br)c2)CC1. The highest BCUT2D eigenvalue weighted by atomic mass is 79.9. The van der Waals surface area contributed by atoms with Gasteiger partial charge in [0.15, 0.2) is 5.69 Å². The van der Waals surface area contributed by atoms with Crippen LogP contribution in [0.25, 0.3) is 17.2 Å². The number of aromatic nitrogens is 4. The van der Waals surface area contributed by atoms with Gasteiger partial charge in [-0.2, -0.15) is 8.42 Å². The zero-order chi connectivity index (χ0) is 24.2. The van der Waals surface area contributed by atoms with Crippen LogP contribution in [0.5, 0.6) is 0 Å². The van der Waals surface area contributed by atoms with E-state index in [0.29, 0.717) is 32.5 Å². The molecule has 14 nitrogen and oxygen atoms in total. The molecule has 1 aromatic carbocycles. The highest BCUT2D eigenvalue weighted by molar-refractivity contribution is 9.10. The zero-order valence-corrected chi connectivity index (χ0v) is 19.5. The number of nitrogens with one attached hydrogen (secondary N) is 1. The van der Waals surface area contributed by atoms with E-state index in [-0.39, 0.29) is 33.4 Å². The Balaban J connectivity index is 1.42. The van der Waals surface area contributed by atoms with Crippen LogP contribution in [0, 0.1) is 11.7 Å². The smallest absolute Gasteiger partial charge is 0.365 e. The Morgan fingerprint density at radius 2 is 2.06 bits per heavy atom. The predicted molar refractivity (Wildman–Crippen MR) is 114 cm³/mol.